The molecule has 2 aliphatic heterocycles. The van der Waals surface area contributed by atoms with Crippen LogP contribution in [-0.4, -0.2) is 12.6 Å². The molecule has 2 aliphatic rings. The van der Waals surface area contributed by atoms with E-state index in [0.717, 1.165) is 13.0 Å². The van der Waals surface area contributed by atoms with Gasteiger partial charge in [0, 0.05) is 29.9 Å². The van der Waals surface area contributed by atoms with Crippen molar-refractivity contribution in [3.8, 4) is 0 Å². The van der Waals surface area contributed by atoms with Gasteiger partial charge in [-0.3, -0.25) is 0 Å². The zero-order valence-electron chi connectivity index (χ0n) is 11.3. The number of para-hydroxylation sites is 2. The lowest BCUT2D eigenvalue weighted by Crippen LogP contribution is -2.37. The lowest BCUT2D eigenvalue weighted by molar-refractivity contribution is 0.504. The highest BCUT2D eigenvalue weighted by molar-refractivity contribution is 5.71. The van der Waals surface area contributed by atoms with E-state index in [1.165, 1.54) is 22.5 Å². The van der Waals surface area contributed by atoms with Gasteiger partial charge in [0.05, 0.1) is 0 Å². The normalized spacial score (nSPS) is 23.2. The summed E-state index contributed by atoms with van der Waals surface area (Å²) < 4.78 is 0. The van der Waals surface area contributed by atoms with E-state index in [0.29, 0.717) is 12.0 Å². The summed E-state index contributed by atoms with van der Waals surface area (Å²) in [5.41, 5.74) is 5.26. The van der Waals surface area contributed by atoms with Gasteiger partial charge >= 0.3 is 0 Å². The number of hydrogen-bond donors (Lipinski definition) is 2. The number of anilines is 2. The van der Waals surface area contributed by atoms with E-state index in [2.05, 4.69) is 71.3 Å². The SMILES string of the molecule is C1=CC(C2CNc3ccccc3C2)Nc2ccccc21. The van der Waals surface area contributed by atoms with Gasteiger partial charge in [-0.15, -0.1) is 0 Å². The largest absolute Gasteiger partial charge is 0.384 e. The number of nitrogens with one attached hydrogen (secondary N) is 2. The molecule has 2 nitrogen and oxygen atoms in total. The molecule has 2 aromatic carbocycles. The predicted molar refractivity (Wildman–Crippen MR) is 85.0 cm³/mol. The second-order valence-corrected chi connectivity index (χ2v) is 5.62. The van der Waals surface area contributed by atoms with Gasteiger partial charge in [-0.05, 0) is 29.7 Å². The summed E-state index contributed by atoms with van der Waals surface area (Å²) in [6.07, 6.45) is 5.69. The molecule has 0 bridgehead atoms. The van der Waals surface area contributed by atoms with E-state index >= 15 is 0 Å². The van der Waals surface area contributed by atoms with E-state index in [4.69, 9.17) is 0 Å². The second kappa shape index (κ2) is 4.71. The fourth-order valence-corrected chi connectivity index (χ4v) is 3.20. The first-order valence-corrected chi connectivity index (χ1v) is 7.26. The molecule has 0 saturated heterocycles. The second-order valence-electron chi connectivity index (χ2n) is 5.62. The van der Waals surface area contributed by atoms with E-state index < -0.39 is 0 Å². The Morgan fingerprint density at radius 3 is 2.65 bits per heavy atom. The molecule has 0 fully saturated rings. The van der Waals surface area contributed by atoms with Gasteiger partial charge in [0.2, 0.25) is 0 Å². The highest BCUT2D eigenvalue weighted by Crippen LogP contribution is 2.31. The molecule has 0 spiro atoms. The van der Waals surface area contributed by atoms with Crippen molar-refractivity contribution in [2.24, 2.45) is 5.92 Å². The maximum atomic E-state index is 3.67. The molecule has 0 aromatic heterocycles. The standard InChI is InChI=1S/C18H18N2/c1-4-8-17-13(5-1)9-10-18(20-17)15-11-14-6-2-3-7-16(14)19-12-15/h1-10,15,18-20H,11-12H2. The number of fused-ring (bicyclic) bond motifs is 2. The molecular weight excluding hydrogens is 244 g/mol. The van der Waals surface area contributed by atoms with Gasteiger partial charge in [-0.1, -0.05) is 48.6 Å². The Balaban J connectivity index is 1.57. The van der Waals surface area contributed by atoms with Crippen LogP contribution in [0.3, 0.4) is 0 Å². The average molecular weight is 262 g/mol. The van der Waals surface area contributed by atoms with Crippen LogP contribution in [0.4, 0.5) is 11.4 Å². The molecule has 4 rings (SSSR count). The first kappa shape index (κ1) is 11.6. The third kappa shape index (κ3) is 1.97. The minimum absolute atomic E-state index is 0.408. The minimum atomic E-state index is 0.408. The first-order valence-electron chi connectivity index (χ1n) is 7.26. The molecule has 0 aliphatic carbocycles. The molecule has 2 aromatic rings. The monoisotopic (exact) mass is 262 g/mol. The molecule has 20 heavy (non-hydrogen) atoms. The maximum absolute atomic E-state index is 3.67. The van der Waals surface area contributed by atoms with Crippen LogP contribution in [0.15, 0.2) is 54.6 Å². The average Bonchev–Trinajstić information content (AvgIpc) is 2.54. The van der Waals surface area contributed by atoms with Crippen LogP contribution in [0.25, 0.3) is 6.08 Å². The topological polar surface area (TPSA) is 24.1 Å². The van der Waals surface area contributed by atoms with Crippen molar-refractivity contribution in [3.05, 3.63) is 65.7 Å². The third-order valence-electron chi connectivity index (χ3n) is 4.33. The van der Waals surface area contributed by atoms with Crippen molar-refractivity contribution in [1.82, 2.24) is 0 Å². The zero-order valence-corrected chi connectivity index (χ0v) is 11.3. The fraction of sp³-hybridized carbons (Fsp3) is 0.222. The van der Waals surface area contributed by atoms with Crippen molar-refractivity contribution in [3.63, 3.8) is 0 Å². The van der Waals surface area contributed by atoms with E-state index in [1.54, 1.807) is 0 Å². The van der Waals surface area contributed by atoms with Crippen LogP contribution >= 0.6 is 0 Å². The van der Waals surface area contributed by atoms with Crippen LogP contribution in [0.2, 0.25) is 0 Å². The highest BCUT2D eigenvalue weighted by atomic mass is 15.0. The summed E-state index contributed by atoms with van der Waals surface area (Å²) in [7, 11) is 0. The van der Waals surface area contributed by atoms with Gasteiger partial charge < -0.3 is 10.6 Å². The number of rotatable bonds is 1. The Labute approximate surface area is 119 Å². The Morgan fingerprint density at radius 2 is 1.70 bits per heavy atom. The van der Waals surface area contributed by atoms with Crippen LogP contribution in [0, 0.1) is 5.92 Å². The van der Waals surface area contributed by atoms with E-state index in [-0.39, 0.29) is 0 Å². The highest BCUT2D eigenvalue weighted by Gasteiger charge is 2.26. The van der Waals surface area contributed by atoms with Gasteiger partial charge in [0.1, 0.15) is 0 Å². The fourth-order valence-electron chi connectivity index (χ4n) is 3.20. The smallest absolute Gasteiger partial charge is 0.0496 e. The van der Waals surface area contributed by atoms with Crippen LogP contribution in [-0.2, 0) is 6.42 Å². The van der Waals surface area contributed by atoms with Crippen LogP contribution < -0.4 is 10.6 Å². The molecule has 0 saturated carbocycles. The molecule has 100 valence electrons. The Hall–Kier alpha value is -2.22. The van der Waals surface area contributed by atoms with E-state index in [9.17, 15) is 0 Å². The Bertz CT molecular complexity index is 660. The molecule has 2 heteroatoms. The zero-order chi connectivity index (χ0) is 13.4. The van der Waals surface area contributed by atoms with E-state index in [1.807, 2.05) is 0 Å². The lowest BCUT2D eigenvalue weighted by atomic mass is 9.86. The summed E-state index contributed by atoms with van der Waals surface area (Å²) in [6, 6.07) is 17.5. The predicted octanol–water partition coefficient (Wildman–Crippen LogP) is 3.78. The van der Waals surface area contributed by atoms with Crippen LogP contribution in [0.1, 0.15) is 11.1 Å². The Kier molecular flexibility index (Phi) is 2.73. The summed E-state index contributed by atoms with van der Waals surface area (Å²) in [4.78, 5) is 0. The molecule has 2 heterocycles. The molecule has 2 unspecified atom stereocenters. The number of hydrogen-bond acceptors (Lipinski definition) is 2. The molecule has 0 radical (unpaired) electrons. The van der Waals surface area contributed by atoms with Crippen LogP contribution in [0.5, 0.6) is 0 Å². The maximum Gasteiger partial charge on any atom is 0.0496 e. The van der Waals surface area contributed by atoms with Crippen molar-refractivity contribution in [2.45, 2.75) is 12.5 Å². The minimum Gasteiger partial charge on any atom is -0.384 e. The Morgan fingerprint density at radius 1 is 0.900 bits per heavy atom. The van der Waals surface area contributed by atoms with Gasteiger partial charge in [0.15, 0.2) is 0 Å². The summed E-state index contributed by atoms with van der Waals surface area (Å²) in [5, 5.41) is 7.23. The summed E-state index contributed by atoms with van der Waals surface area (Å²) in [5.74, 6) is 0.592. The molecule has 2 atom stereocenters. The first-order chi connectivity index (χ1) is 9.90. The van der Waals surface area contributed by atoms with Crippen molar-refractivity contribution < 1.29 is 0 Å². The van der Waals surface area contributed by atoms with Gasteiger partial charge in [0.25, 0.3) is 0 Å². The summed E-state index contributed by atoms with van der Waals surface area (Å²) in [6.45, 7) is 1.03. The quantitative estimate of drug-likeness (QED) is 0.817. The van der Waals surface area contributed by atoms with Gasteiger partial charge in [-0.2, -0.15) is 0 Å². The molecular formula is C18H18N2. The third-order valence-corrected chi connectivity index (χ3v) is 4.33. The summed E-state index contributed by atoms with van der Waals surface area (Å²) >= 11 is 0. The lowest BCUT2D eigenvalue weighted by Gasteiger charge is -2.34. The van der Waals surface area contributed by atoms with Gasteiger partial charge in [-0.25, -0.2) is 0 Å². The molecule has 0 amide bonds. The van der Waals surface area contributed by atoms with Crippen molar-refractivity contribution in [2.75, 3.05) is 17.2 Å². The molecule has 2 N–H and O–H groups in total. The van der Waals surface area contributed by atoms with Crippen molar-refractivity contribution in [1.29, 1.82) is 0 Å². The number of benzene rings is 2. The van der Waals surface area contributed by atoms with Crippen molar-refractivity contribution >= 4 is 17.5 Å².